The molecule has 1 unspecified atom stereocenters. The number of ether oxygens (including phenoxy) is 2. The first-order valence-corrected chi connectivity index (χ1v) is 9.52. The van der Waals surface area contributed by atoms with Gasteiger partial charge < -0.3 is 14.6 Å². The van der Waals surface area contributed by atoms with Crippen molar-refractivity contribution in [3.63, 3.8) is 0 Å². The van der Waals surface area contributed by atoms with Gasteiger partial charge in [-0.1, -0.05) is 37.6 Å². The maximum absolute atomic E-state index is 11.9. The fraction of sp³-hybridized carbons (Fsp3) is 0.333. The van der Waals surface area contributed by atoms with E-state index < -0.39 is 5.91 Å². The van der Waals surface area contributed by atoms with Crippen molar-refractivity contribution < 1.29 is 19.4 Å². The second-order valence-electron chi connectivity index (χ2n) is 6.24. The third-order valence-corrected chi connectivity index (χ3v) is 4.47. The first-order valence-electron chi connectivity index (χ1n) is 9.14. The summed E-state index contributed by atoms with van der Waals surface area (Å²) in [6.07, 6.45) is 2.48. The van der Waals surface area contributed by atoms with Gasteiger partial charge in [0.05, 0.1) is 17.8 Å². The van der Waals surface area contributed by atoms with Crippen LogP contribution in [0.5, 0.6) is 17.2 Å². The van der Waals surface area contributed by atoms with Crippen molar-refractivity contribution in [3.05, 3.63) is 52.5 Å². The molecule has 150 valence electrons. The summed E-state index contributed by atoms with van der Waals surface area (Å²) >= 11 is 5.95. The summed E-state index contributed by atoms with van der Waals surface area (Å²) in [6, 6.07) is 10.8. The van der Waals surface area contributed by atoms with Crippen LogP contribution in [0, 0.1) is 0 Å². The Morgan fingerprint density at radius 1 is 1.25 bits per heavy atom. The molecule has 0 saturated carbocycles. The summed E-state index contributed by atoms with van der Waals surface area (Å²) in [4.78, 5) is 11.9. The number of benzene rings is 2. The van der Waals surface area contributed by atoms with E-state index in [9.17, 15) is 9.90 Å². The van der Waals surface area contributed by atoms with Crippen molar-refractivity contribution >= 4 is 23.7 Å². The molecule has 0 aliphatic rings. The van der Waals surface area contributed by atoms with E-state index in [1.54, 1.807) is 13.0 Å². The van der Waals surface area contributed by atoms with Crippen LogP contribution in [0.2, 0.25) is 5.02 Å². The van der Waals surface area contributed by atoms with Crippen LogP contribution in [0.4, 0.5) is 0 Å². The van der Waals surface area contributed by atoms with Crippen LogP contribution in [0.25, 0.3) is 0 Å². The zero-order valence-corrected chi connectivity index (χ0v) is 17.0. The molecule has 28 heavy (non-hydrogen) atoms. The lowest BCUT2D eigenvalue weighted by Crippen LogP contribution is -2.24. The number of hydrazone groups is 1. The maximum Gasteiger partial charge on any atom is 0.277 e. The molecular formula is C21H25ClN2O4. The third kappa shape index (κ3) is 6.16. The van der Waals surface area contributed by atoms with Gasteiger partial charge in [-0.25, -0.2) is 5.43 Å². The first kappa shape index (κ1) is 21.6. The Balaban J connectivity index is 1.87. The number of nitrogens with one attached hydrogen (secondary N) is 1. The Morgan fingerprint density at radius 2 is 1.96 bits per heavy atom. The van der Waals surface area contributed by atoms with Gasteiger partial charge in [0.2, 0.25) is 0 Å². The average Bonchev–Trinajstić information content (AvgIpc) is 2.70. The zero-order chi connectivity index (χ0) is 20.5. The van der Waals surface area contributed by atoms with E-state index in [2.05, 4.69) is 24.4 Å². The second-order valence-corrected chi connectivity index (χ2v) is 6.65. The topological polar surface area (TPSA) is 80.2 Å². The van der Waals surface area contributed by atoms with Gasteiger partial charge in [0.1, 0.15) is 5.75 Å². The number of aromatic hydroxyl groups is 1. The molecular weight excluding hydrogens is 380 g/mol. The molecule has 1 amide bonds. The number of carbonyl (C=O) groups excluding carboxylic acids is 1. The Labute approximate surface area is 170 Å². The van der Waals surface area contributed by atoms with E-state index in [0.717, 1.165) is 6.42 Å². The van der Waals surface area contributed by atoms with Crippen LogP contribution in [-0.4, -0.2) is 30.4 Å². The van der Waals surface area contributed by atoms with Crippen molar-refractivity contribution in [3.8, 4) is 17.2 Å². The Kier molecular flexibility index (Phi) is 8.14. The standard InChI is InChI=1S/C21H25ClN2O4/c1-4-14(3)16-6-8-17(9-7-16)28-13-20(25)24-23-12-15-10-18(22)21(26)19(11-15)27-5-2/h6-12,14,26H,4-5,13H2,1-3H3,(H,24,25). The van der Waals surface area contributed by atoms with Crippen molar-refractivity contribution in [2.75, 3.05) is 13.2 Å². The highest BCUT2D eigenvalue weighted by Crippen LogP contribution is 2.34. The molecule has 2 rings (SSSR count). The number of carbonyl (C=O) groups is 1. The summed E-state index contributed by atoms with van der Waals surface area (Å²) in [7, 11) is 0. The molecule has 0 aliphatic heterocycles. The van der Waals surface area contributed by atoms with E-state index >= 15 is 0 Å². The summed E-state index contributed by atoms with van der Waals surface area (Å²) in [6.45, 7) is 6.34. The largest absolute Gasteiger partial charge is 0.503 e. The van der Waals surface area contributed by atoms with Crippen LogP contribution in [0.3, 0.4) is 0 Å². The lowest BCUT2D eigenvalue weighted by Gasteiger charge is -2.10. The minimum atomic E-state index is -0.392. The molecule has 0 aromatic heterocycles. The van der Waals surface area contributed by atoms with Gasteiger partial charge >= 0.3 is 0 Å². The van der Waals surface area contributed by atoms with Gasteiger partial charge in [-0.3, -0.25) is 4.79 Å². The predicted octanol–water partition coefficient (Wildman–Crippen LogP) is 4.49. The van der Waals surface area contributed by atoms with Crippen LogP contribution in [-0.2, 0) is 4.79 Å². The number of phenols is 1. The summed E-state index contributed by atoms with van der Waals surface area (Å²) in [5.74, 6) is 0.850. The monoisotopic (exact) mass is 404 g/mol. The number of rotatable bonds is 9. The van der Waals surface area contributed by atoms with Crippen molar-refractivity contribution in [2.24, 2.45) is 5.10 Å². The highest BCUT2D eigenvalue weighted by molar-refractivity contribution is 6.32. The Bertz CT molecular complexity index is 822. The molecule has 2 aromatic rings. The van der Waals surface area contributed by atoms with E-state index in [4.69, 9.17) is 21.1 Å². The van der Waals surface area contributed by atoms with Gasteiger partial charge in [-0.2, -0.15) is 5.10 Å². The van der Waals surface area contributed by atoms with E-state index in [0.29, 0.717) is 23.8 Å². The van der Waals surface area contributed by atoms with Crippen LogP contribution < -0.4 is 14.9 Å². The van der Waals surface area contributed by atoms with Crippen molar-refractivity contribution in [2.45, 2.75) is 33.1 Å². The molecule has 0 saturated heterocycles. The molecule has 0 spiro atoms. The Morgan fingerprint density at radius 3 is 2.61 bits per heavy atom. The molecule has 0 heterocycles. The fourth-order valence-corrected chi connectivity index (χ4v) is 2.64. The quantitative estimate of drug-likeness (QED) is 0.476. The number of amides is 1. The smallest absolute Gasteiger partial charge is 0.277 e. The minimum absolute atomic E-state index is 0.127. The van der Waals surface area contributed by atoms with Crippen molar-refractivity contribution in [1.82, 2.24) is 5.43 Å². The number of halogens is 1. The van der Waals surface area contributed by atoms with Gasteiger partial charge in [0, 0.05) is 0 Å². The van der Waals surface area contributed by atoms with Gasteiger partial charge in [0.15, 0.2) is 18.1 Å². The lowest BCUT2D eigenvalue weighted by atomic mass is 9.99. The average molecular weight is 405 g/mol. The minimum Gasteiger partial charge on any atom is -0.503 e. The molecule has 0 fully saturated rings. The van der Waals surface area contributed by atoms with Crippen LogP contribution >= 0.6 is 11.6 Å². The molecule has 1 atom stereocenters. The molecule has 0 bridgehead atoms. The number of nitrogens with zero attached hydrogens (tertiary/aromatic N) is 1. The highest BCUT2D eigenvalue weighted by atomic mass is 35.5. The molecule has 6 nitrogen and oxygen atoms in total. The van der Waals surface area contributed by atoms with Crippen molar-refractivity contribution in [1.29, 1.82) is 0 Å². The first-order chi connectivity index (χ1) is 13.4. The molecule has 2 aromatic carbocycles. The van der Waals surface area contributed by atoms with Gasteiger partial charge in [0.25, 0.3) is 5.91 Å². The summed E-state index contributed by atoms with van der Waals surface area (Å²) in [5.41, 5.74) is 4.20. The molecule has 0 radical (unpaired) electrons. The Hall–Kier alpha value is -2.73. The predicted molar refractivity (Wildman–Crippen MR) is 111 cm³/mol. The maximum atomic E-state index is 11.9. The number of hydrogen-bond acceptors (Lipinski definition) is 5. The number of hydrogen-bond donors (Lipinski definition) is 2. The molecule has 0 aliphatic carbocycles. The molecule has 2 N–H and O–H groups in total. The lowest BCUT2D eigenvalue weighted by molar-refractivity contribution is -0.123. The zero-order valence-electron chi connectivity index (χ0n) is 16.2. The number of phenolic OH excluding ortho intramolecular Hbond substituents is 1. The molecule has 7 heteroatoms. The third-order valence-electron chi connectivity index (χ3n) is 4.18. The van der Waals surface area contributed by atoms with E-state index in [-0.39, 0.29) is 23.1 Å². The van der Waals surface area contributed by atoms with E-state index in [1.165, 1.54) is 17.8 Å². The van der Waals surface area contributed by atoms with Gasteiger partial charge in [-0.05, 0) is 54.7 Å². The highest BCUT2D eigenvalue weighted by Gasteiger charge is 2.09. The second kappa shape index (κ2) is 10.6. The summed E-state index contributed by atoms with van der Waals surface area (Å²) < 4.78 is 10.8. The summed E-state index contributed by atoms with van der Waals surface area (Å²) in [5, 5.41) is 13.8. The normalized spacial score (nSPS) is 12.0. The van der Waals surface area contributed by atoms with E-state index in [1.807, 2.05) is 24.3 Å². The fourth-order valence-electron chi connectivity index (χ4n) is 2.42. The van der Waals surface area contributed by atoms with Crippen LogP contribution in [0.15, 0.2) is 41.5 Å². The SMILES string of the molecule is CCOc1cc(C=NNC(=O)COc2ccc(C(C)CC)cc2)cc(Cl)c1O. The van der Waals surface area contributed by atoms with Gasteiger partial charge in [-0.15, -0.1) is 0 Å². The van der Waals surface area contributed by atoms with Crippen LogP contribution in [0.1, 0.15) is 44.2 Å².